The highest BCUT2D eigenvalue weighted by Gasteiger charge is 2.09. The molecule has 1 atom stereocenters. The summed E-state index contributed by atoms with van der Waals surface area (Å²) in [7, 11) is 1.87. The van der Waals surface area contributed by atoms with Gasteiger partial charge in [-0.15, -0.1) is 0 Å². The first-order chi connectivity index (χ1) is 8.67. The number of nitrogens with one attached hydrogen (secondary N) is 1. The van der Waals surface area contributed by atoms with E-state index in [0.717, 1.165) is 12.0 Å². The maximum absolute atomic E-state index is 11.9. The van der Waals surface area contributed by atoms with Gasteiger partial charge in [-0.05, 0) is 31.0 Å². The van der Waals surface area contributed by atoms with Crippen LogP contribution in [0.15, 0.2) is 24.3 Å². The van der Waals surface area contributed by atoms with Gasteiger partial charge in [0.15, 0.2) is 0 Å². The number of benzene rings is 1. The summed E-state index contributed by atoms with van der Waals surface area (Å²) >= 11 is 0. The number of ether oxygens (including phenoxy) is 1. The van der Waals surface area contributed by atoms with E-state index in [1.807, 2.05) is 7.05 Å². The quantitative estimate of drug-likeness (QED) is 0.722. The molecule has 0 amide bonds. The van der Waals surface area contributed by atoms with E-state index < -0.39 is 13.0 Å². The van der Waals surface area contributed by atoms with Gasteiger partial charge in [-0.3, -0.25) is 0 Å². The van der Waals surface area contributed by atoms with Crippen LogP contribution in [-0.4, -0.2) is 26.7 Å². The monoisotopic (exact) mass is 257 g/mol. The van der Waals surface area contributed by atoms with Crippen LogP contribution in [0, 0.1) is 0 Å². The van der Waals surface area contributed by atoms with Crippen LogP contribution in [-0.2, 0) is 11.2 Å². The third-order valence-corrected chi connectivity index (χ3v) is 2.93. The lowest BCUT2D eigenvalue weighted by Gasteiger charge is -2.17. The van der Waals surface area contributed by atoms with E-state index in [1.54, 1.807) is 0 Å². The van der Waals surface area contributed by atoms with Crippen LogP contribution < -0.4 is 5.32 Å². The van der Waals surface area contributed by atoms with Crippen molar-refractivity contribution in [2.75, 3.05) is 20.3 Å². The van der Waals surface area contributed by atoms with Gasteiger partial charge in [-0.1, -0.05) is 31.2 Å². The van der Waals surface area contributed by atoms with Crippen molar-refractivity contribution in [2.24, 2.45) is 0 Å². The molecule has 0 saturated heterocycles. The van der Waals surface area contributed by atoms with Crippen LogP contribution in [0.1, 0.15) is 30.5 Å². The van der Waals surface area contributed by atoms with Gasteiger partial charge < -0.3 is 10.1 Å². The topological polar surface area (TPSA) is 21.3 Å². The van der Waals surface area contributed by atoms with Gasteiger partial charge in [0, 0.05) is 12.6 Å². The minimum absolute atomic E-state index is 0.147. The summed E-state index contributed by atoms with van der Waals surface area (Å²) in [5.41, 5.74) is 2.46. The van der Waals surface area contributed by atoms with Gasteiger partial charge in [0.2, 0.25) is 0 Å². The van der Waals surface area contributed by atoms with Gasteiger partial charge in [0.05, 0.1) is 0 Å². The Morgan fingerprint density at radius 3 is 2.39 bits per heavy atom. The maximum Gasteiger partial charge on any atom is 0.261 e. The molecule has 1 rings (SSSR count). The van der Waals surface area contributed by atoms with Crippen LogP contribution in [0.2, 0.25) is 0 Å². The molecule has 0 heterocycles. The molecule has 0 aliphatic rings. The Hall–Kier alpha value is -1.00. The van der Waals surface area contributed by atoms with Crippen molar-refractivity contribution in [3.63, 3.8) is 0 Å². The zero-order chi connectivity index (χ0) is 13.4. The van der Waals surface area contributed by atoms with Crippen molar-refractivity contribution in [1.29, 1.82) is 0 Å². The van der Waals surface area contributed by atoms with Crippen molar-refractivity contribution in [2.45, 2.75) is 32.2 Å². The molecule has 0 aromatic heterocycles. The van der Waals surface area contributed by atoms with Crippen molar-refractivity contribution < 1.29 is 13.5 Å². The molecular formula is C14H21F2NO. The molecule has 0 aliphatic heterocycles. The van der Waals surface area contributed by atoms with Crippen molar-refractivity contribution >= 4 is 0 Å². The molecule has 0 aliphatic carbocycles. The highest BCUT2D eigenvalue weighted by Crippen LogP contribution is 2.17. The highest BCUT2D eigenvalue weighted by molar-refractivity contribution is 5.24. The molecule has 0 spiro atoms. The van der Waals surface area contributed by atoms with Gasteiger partial charge in [-0.2, -0.15) is 0 Å². The lowest BCUT2D eigenvalue weighted by molar-refractivity contribution is 0.0145. The summed E-state index contributed by atoms with van der Waals surface area (Å²) in [6.45, 7) is 1.97. The smallest absolute Gasteiger partial charge is 0.261 e. The third kappa shape index (κ3) is 5.10. The number of hydrogen-bond acceptors (Lipinski definition) is 2. The molecule has 1 N–H and O–H groups in total. The minimum Gasteiger partial charge on any atom is -0.375 e. The fourth-order valence-corrected chi connectivity index (χ4v) is 1.84. The van der Waals surface area contributed by atoms with E-state index in [1.165, 1.54) is 5.56 Å². The summed E-state index contributed by atoms with van der Waals surface area (Å²) in [5, 5.41) is 3.18. The molecule has 0 saturated carbocycles. The summed E-state index contributed by atoms with van der Waals surface area (Å²) in [6, 6.07) is 8.49. The van der Waals surface area contributed by atoms with E-state index in [0.29, 0.717) is 13.0 Å². The Kier molecular flexibility index (Phi) is 6.83. The minimum atomic E-state index is -2.39. The van der Waals surface area contributed by atoms with Gasteiger partial charge in [0.25, 0.3) is 6.43 Å². The van der Waals surface area contributed by atoms with Crippen molar-refractivity contribution in [3.05, 3.63) is 35.4 Å². The number of alkyl halides is 2. The van der Waals surface area contributed by atoms with E-state index in [-0.39, 0.29) is 6.04 Å². The van der Waals surface area contributed by atoms with E-state index >= 15 is 0 Å². The van der Waals surface area contributed by atoms with Gasteiger partial charge in [-0.25, -0.2) is 8.78 Å². The van der Waals surface area contributed by atoms with Crippen LogP contribution in [0.25, 0.3) is 0 Å². The van der Waals surface area contributed by atoms with Gasteiger partial charge >= 0.3 is 0 Å². The van der Waals surface area contributed by atoms with Crippen LogP contribution in [0.5, 0.6) is 0 Å². The predicted molar refractivity (Wildman–Crippen MR) is 69.1 cm³/mol. The number of rotatable bonds is 8. The molecule has 102 valence electrons. The third-order valence-electron chi connectivity index (χ3n) is 2.93. The number of hydrogen-bond donors (Lipinski definition) is 1. The summed E-state index contributed by atoms with van der Waals surface area (Å²) in [5.74, 6) is 0. The molecule has 0 bridgehead atoms. The molecule has 4 heteroatoms. The van der Waals surface area contributed by atoms with Crippen molar-refractivity contribution in [1.82, 2.24) is 5.32 Å². The molecule has 1 aromatic rings. The fraction of sp³-hybridized carbons (Fsp3) is 0.571. The normalized spacial score (nSPS) is 12.9. The average molecular weight is 257 g/mol. The zero-order valence-corrected chi connectivity index (χ0v) is 11.0. The van der Waals surface area contributed by atoms with Crippen molar-refractivity contribution in [3.8, 4) is 0 Å². The molecule has 0 radical (unpaired) electrons. The lowest BCUT2D eigenvalue weighted by Crippen LogP contribution is -2.19. The second-order valence-corrected chi connectivity index (χ2v) is 4.19. The molecular weight excluding hydrogens is 236 g/mol. The molecule has 0 fully saturated rings. The second-order valence-electron chi connectivity index (χ2n) is 4.19. The Morgan fingerprint density at radius 2 is 1.89 bits per heavy atom. The predicted octanol–water partition coefficient (Wildman–Crippen LogP) is 3.18. The Balaban J connectivity index is 2.44. The molecule has 1 aromatic carbocycles. The Morgan fingerprint density at radius 1 is 1.22 bits per heavy atom. The summed E-state index contributed by atoms with van der Waals surface area (Å²) in [4.78, 5) is 0. The Labute approximate surface area is 107 Å². The first kappa shape index (κ1) is 15.1. The maximum atomic E-state index is 11.9. The molecule has 18 heavy (non-hydrogen) atoms. The van der Waals surface area contributed by atoms with Crippen LogP contribution in [0.4, 0.5) is 8.78 Å². The Bertz CT molecular complexity index is 327. The van der Waals surface area contributed by atoms with E-state index in [9.17, 15) is 8.78 Å². The molecule has 1 unspecified atom stereocenters. The van der Waals surface area contributed by atoms with Crippen LogP contribution >= 0.6 is 0 Å². The number of halogens is 2. The SMILES string of the molecule is CCc1ccc(C(CCOCC(F)F)NC)cc1. The zero-order valence-electron chi connectivity index (χ0n) is 11.0. The summed E-state index contributed by atoms with van der Waals surface area (Å²) in [6.07, 6.45) is -0.682. The second kappa shape index (κ2) is 8.16. The fourth-order valence-electron chi connectivity index (χ4n) is 1.84. The van der Waals surface area contributed by atoms with E-state index in [2.05, 4.69) is 36.5 Å². The standard InChI is InChI=1S/C14H21F2NO/c1-3-11-4-6-12(7-5-11)13(17-2)8-9-18-10-14(15)16/h4-7,13-14,17H,3,8-10H2,1-2H3. The molecule has 2 nitrogen and oxygen atoms in total. The lowest BCUT2D eigenvalue weighted by atomic mass is 10.0. The number of aryl methyl sites for hydroxylation is 1. The highest BCUT2D eigenvalue weighted by atomic mass is 19.3. The van der Waals surface area contributed by atoms with Crippen LogP contribution in [0.3, 0.4) is 0 Å². The summed E-state index contributed by atoms with van der Waals surface area (Å²) < 4.78 is 28.7. The largest absolute Gasteiger partial charge is 0.375 e. The van der Waals surface area contributed by atoms with E-state index in [4.69, 9.17) is 4.74 Å². The first-order valence-corrected chi connectivity index (χ1v) is 6.29. The first-order valence-electron chi connectivity index (χ1n) is 6.29. The average Bonchev–Trinajstić information content (AvgIpc) is 2.39. The van der Waals surface area contributed by atoms with Gasteiger partial charge in [0.1, 0.15) is 6.61 Å².